The lowest BCUT2D eigenvalue weighted by molar-refractivity contribution is -0.142. The summed E-state index contributed by atoms with van der Waals surface area (Å²) in [5, 5.41) is 10.7. The second-order valence-corrected chi connectivity index (χ2v) is 2.93. The van der Waals surface area contributed by atoms with Crippen molar-refractivity contribution in [1.29, 1.82) is 0 Å². The highest BCUT2D eigenvalue weighted by molar-refractivity contribution is 5.89. The number of aliphatic carboxylic acids is 1. The average molecular weight is 189 g/mol. The van der Waals surface area contributed by atoms with Crippen molar-refractivity contribution in [2.24, 2.45) is 11.5 Å². The van der Waals surface area contributed by atoms with E-state index in [0.717, 1.165) is 0 Å². The average Bonchev–Trinajstić information content (AvgIpc) is 2.04. The van der Waals surface area contributed by atoms with Crippen molar-refractivity contribution in [3.05, 3.63) is 0 Å². The van der Waals surface area contributed by atoms with Crippen LogP contribution in [0, 0.1) is 0 Å². The van der Waals surface area contributed by atoms with E-state index in [0.29, 0.717) is 0 Å². The van der Waals surface area contributed by atoms with Gasteiger partial charge in [0.15, 0.2) is 0 Å². The summed E-state index contributed by atoms with van der Waals surface area (Å²) in [7, 11) is 0. The van der Waals surface area contributed by atoms with Gasteiger partial charge in [0, 0.05) is 0 Å². The third-order valence-electron chi connectivity index (χ3n) is 1.73. The largest absolute Gasteiger partial charge is 0.480 e. The van der Waals surface area contributed by atoms with Gasteiger partial charge in [0.25, 0.3) is 5.91 Å². The summed E-state index contributed by atoms with van der Waals surface area (Å²) in [5.41, 5.74) is 9.27. The maximum atomic E-state index is 11.2. The highest BCUT2D eigenvalue weighted by Gasteiger charge is 2.29. The van der Waals surface area contributed by atoms with Crippen LogP contribution in [-0.4, -0.2) is 28.7 Å². The molecule has 0 saturated carbocycles. The molecule has 0 aromatic carbocycles. The van der Waals surface area contributed by atoms with Gasteiger partial charge in [0.1, 0.15) is 11.7 Å². The lowest BCUT2D eigenvalue weighted by atomic mass is 10.1. The number of amides is 1. The normalized spacial score (nSPS) is 13.5. The van der Waals surface area contributed by atoms with E-state index in [9.17, 15) is 9.59 Å². The van der Waals surface area contributed by atoms with Gasteiger partial charge in [-0.3, -0.25) is 9.59 Å². The van der Waals surface area contributed by atoms with Gasteiger partial charge in [-0.25, -0.2) is 0 Å². The van der Waals surface area contributed by atoms with Gasteiger partial charge in [0.2, 0.25) is 0 Å². The van der Waals surface area contributed by atoms with Crippen LogP contribution in [0.5, 0.6) is 0 Å². The number of carbonyl (C=O) groups is 2. The number of nitrogens with one attached hydrogen (secondary N) is 1. The lowest BCUT2D eigenvalue weighted by Crippen LogP contribution is -2.62. The standard InChI is InChI=1S/C7H15N3O3/c1-3-7(8,9)6(13)10-4(2)5(11)12/h4H,3,8-9H2,1-2H3,(H,10,13)(H,11,12). The predicted molar refractivity (Wildman–Crippen MR) is 46.6 cm³/mol. The van der Waals surface area contributed by atoms with E-state index in [1.807, 2.05) is 0 Å². The third-order valence-corrected chi connectivity index (χ3v) is 1.73. The van der Waals surface area contributed by atoms with Crippen LogP contribution in [0.15, 0.2) is 0 Å². The SMILES string of the molecule is CCC(N)(N)C(=O)NC(C)C(=O)O. The molecule has 6 heteroatoms. The Labute approximate surface area is 76.3 Å². The Morgan fingerprint density at radius 2 is 2.00 bits per heavy atom. The van der Waals surface area contributed by atoms with Gasteiger partial charge in [-0.15, -0.1) is 0 Å². The molecule has 0 aliphatic heterocycles. The minimum atomic E-state index is -1.50. The van der Waals surface area contributed by atoms with E-state index in [-0.39, 0.29) is 6.42 Å². The number of carboxylic acids is 1. The second-order valence-electron chi connectivity index (χ2n) is 2.93. The molecule has 1 atom stereocenters. The van der Waals surface area contributed by atoms with E-state index in [4.69, 9.17) is 16.6 Å². The first kappa shape index (κ1) is 11.9. The second kappa shape index (κ2) is 4.20. The summed E-state index contributed by atoms with van der Waals surface area (Å²) in [6.07, 6.45) is 0.241. The van der Waals surface area contributed by atoms with Crippen molar-refractivity contribution in [2.75, 3.05) is 0 Å². The fourth-order valence-electron chi connectivity index (χ4n) is 0.553. The molecule has 0 heterocycles. The topological polar surface area (TPSA) is 118 Å². The van der Waals surface area contributed by atoms with Crippen molar-refractivity contribution < 1.29 is 14.7 Å². The number of rotatable bonds is 4. The van der Waals surface area contributed by atoms with Crippen molar-refractivity contribution in [2.45, 2.75) is 32.0 Å². The van der Waals surface area contributed by atoms with E-state index in [1.54, 1.807) is 6.92 Å². The molecule has 0 rings (SSSR count). The zero-order valence-corrected chi connectivity index (χ0v) is 7.70. The van der Waals surface area contributed by atoms with Crippen molar-refractivity contribution in [3.8, 4) is 0 Å². The first-order valence-electron chi connectivity index (χ1n) is 3.92. The molecular formula is C7H15N3O3. The molecule has 0 radical (unpaired) electrons. The molecular weight excluding hydrogens is 174 g/mol. The molecule has 0 spiro atoms. The molecule has 6 nitrogen and oxygen atoms in total. The Hall–Kier alpha value is -1.14. The molecule has 1 unspecified atom stereocenters. The smallest absolute Gasteiger partial charge is 0.325 e. The lowest BCUT2D eigenvalue weighted by Gasteiger charge is -2.22. The summed E-state index contributed by atoms with van der Waals surface area (Å²) in [4.78, 5) is 21.5. The molecule has 0 aromatic heterocycles. The van der Waals surface area contributed by atoms with E-state index < -0.39 is 23.6 Å². The number of hydrogen-bond donors (Lipinski definition) is 4. The van der Waals surface area contributed by atoms with E-state index in [2.05, 4.69) is 5.32 Å². The van der Waals surface area contributed by atoms with Gasteiger partial charge in [-0.1, -0.05) is 6.92 Å². The van der Waals surface area contributed by atoms with Gasteiger partial charge in [-0.05, 0) is 13.3 Å². The molecule has 0 bridgehead atoms. The fraction of sp³-hybridized carbons (Fsp3) is 0.714. The first-order chi connectivity index (χ1) is 5.81. The zero-order valence-electron chi connectivity index (χ0n) is 7.70. The number of nitrogens with two attached hydrogens (primary N) is 2. The van der Waals surface area contributed by atoms with Crippen LogP contribution in [0.4, 0.5) is 0 Å². The van der Waals surface area contributed by atoms with Crippen LogP contribution in [0.25, 0.3) is 0 Å². The van der Waals surface area contributed by atoms with Crippen molar-refractivity contribution >= 4 is 11.9 Å². The van der Waals surface area contributed by atoms with Gasteiger partial charge >= 0.3 is 5.97 Å². The third kappa shape index (κ3) is 3.39. The molecule has 13 heavy (non-hydrogen) atoms. The number of hydrogen-bond acceptors (Lipinski definition) is 4. The highest BCUT2D eigenvalue weighted by Crippen LogP contribution is 1.97. The molecule has 6 N–H and O–H groups in total. The fourth-order valence-corrected chi connectivity index (χ4v) is 0.553. The Balaban J connectivity index is 4.23. The number of carboxylic acid groups (broad SMARTS) is 1. The number of carbonyl (C=O) groups excluding carboxylic acids is 1. The van der Waals surface area contributed by atoms with Crippen LogP contribution in [0.1, 0.15) is 20.3 Å². The minimum Gasteiger partial charge on any atom is -0.480 e. The van der Waals surface area contributed by atoms with Crippen LogP contribution < -0.4 is 16.8 Å². The molecule has 0 fully saturated rings. The summed E-state index contributed by atoms with van der Waals surface area (Å²) < 4.78 is 0. The molecule has 0 aromatic rings. The minimum absolute atomic E-state index is 0.241. The summed E-state index contributed by atoms with van der Waals surface area (Å²) in [6.45, 7) is 2.98. The Bertz CT molecular complexity index is 215. The molecule has 76 valence electrons. The maximum Gasteiger partial charge on any atom is 0.325 e. The van der Waals surface area contributed by atoms with Crippen LogP contribution in [0.2, 0.25) is 0 Å². The Kier molecular flexibility index (Phi) is 3.83. The zero-order chi connectivity index (χ0) is 10.6. The Morgan fingerprint density at radius 3 is 2.31 bits per heavy atom. The van der Waals surface area contributed by atoms with Crippen LogP contribution >= 0.6 is 0 Å². The maximum absolute atomic E-state index is 11.2. The van der Waals surface area contributed by atoms with Crippen molar-refractivity contribution in [1.82, 2.24) is 5.32 Å². The van der Waals surface area contributed by atoms with Crippen LogP contribution in [0.3, 0.4) is 0 Å². The molecule has 1 amide bonds. The quantitative estimate of drug-likeness (QED) is 0.405. The van der Waals surface area contributed by atoms with Crippen molar-refractivity contribution in [3.63, 3.8) is 0 Å². The summed E-state index contributed by atoms with van der Waals surface area (Å²) in [6, 6.07) is -0.981. The Morgan fingerprint density at radius 1 is 1.54 bits per heavy atom. The monoisotopic (exact) mass is 189 g/mol. The van der Waals surface area contributed by atoms with E-state index in [1.165, 1.54) is 6.92 Å². The van der Waals surface area contributed by atoms with Gasteiger partial charge in [-0.2, -0.15) is 0 Å². The molecule has 0 saturated heterocycles. The summed E-state index contributed by atoms with van der Waals surface area (Å²) in [5.74, 6) is -1.79. The summed E-state index contributed by atoms with van der Waals surface area (Å²) >= 11 is 0. The van der Waals surface area contributed by atoms with Gasteiger partial charge < -0.3 is 21.9 Å². The molecule has 0 aliphatic rings. The van der Waals surface area contributed by atoms with Crippen LogP contribution in [-0.2, 0) is 9.59 Å². The highest BCUT2D eigenvalue weighted by atomic mass is 16.4. The first-order valence-corrected chi connectivity index (χ1v) is 3.92. The van der Waals surface area contributed by atoms with E-state index >= 15 is 0 Å². The predicted octanol–water partition coefficient (Wildman–Crippen LogP) is -1.40. The van der Waals surface area contributed by atoms with Gasteiger partial charge in [0.05, 0.1) is 0 Å². The molecule has 0 aliphatic carbocycles.